The molecule has 0 fully saturated rings. The van der Waals surface area contributed by atoms with Gasteiger partial charge >= 0.3 is 49.9 Å². The fourth-order valence-corrected chi connectivity index (χ4v) is 0. The number of hydrogen-bond acceptors (Lipinski definition) is 2. The van der Waals surface area contributed by atoms with E-state index in [1.165, 1.54) is 0 Å². The minimum Gasteiger partial charge on any atom is 0 e. The van der Waals surface area contributed by atoms with Gasteiger partial charge in [-0.25, -0.2) is 0 Å². The summed E-state index contributed by atoms with van der Waals surface area (Å²) in [4.78, 5) is 15.5. The van der Waals surface area contributed by atoms with Gasteiger partial charge in [0.05, 0.1) is 0 Å². The van der Waals surface area contributed by atoms with Gasteiger partial charge in [-0.3, -0.25) is 0 Å². The van der Waals surface area contributed by atoms with E-state index in [9.17, 15) is 4.57 Å². The minimum absolute atomic E-state index is 0. The van der Waals surface area contributed by atoms with Crippen LogP contribution in [0.15, 0.2) is 0 Å². The molecule has 0 spiro atoms. The second-order valence-corrected chi connectivity index (χ2v) is 3.09. The molecule has 0 aromatic heterocycles. The number of rotatable bonds is 1. The summed E-state index contributed by atoms with van der Waals surface area (Å²) >= 11 is 0.388. The van der Waals surface area contributed by atoms with E-state index in [1.54, 1.807) is 0 Å². The van der Waals surface area contributed by atoms with Gasteiger partial charge in [0.1, 0.15) is 0 Å². The Morgan fingerprint density at radius 3 is 1.71 bits per heavy atom. The van der Waals surface area contributed by atoms with Crippen LogP contribution in [0.3, 0.4) is 0 Å². The molecule has 0 aliphatic heterocycles. The predicted octanol–water partition coefficient (Wildman–Crippen LogP) is -0.445. The van der Waals surface area contributed by atoms with Gasteiger partial charge in [-0.15, -0.1) is 0 Å². The van der Waals surface area contributed by atoms with Gasteiger partial charge in [0.2, 0.25) is 0 Å². The number of phosphoric acid groups is 1. The van der Waals surface area contributed by atoms with E-state index in [4.69, 9.17) is 9.79 Å². The van der Waals surface area contributed by atoms with Crippen LogP contribution < -0.4 is 0 Å². The number of hydrogen-bond donors (Lipinski definition) is 2. The summed E-state index contributed by atoms with van der Waals surface area (Å²) in [5.41, 5.74) is 0. The molecule has 0 unspecified atom stereocenters. The van der Waals surface area contributed by atoms with Crippen molar-refractivity contribution in [2.75, 3.05) is 0 Å². The molecule has 7 heavy (non-hydrogen) atoms. The summed E-state index contributed by atoms with van der Waals surface area (Å²) in [6.45, 7) is 0. The molecule has 7 heteroatoms. The topological polar surface area (TPSA) is 66.8 Å². The maximum absolute atomic E-state index is 9.49. The molecule has 2 N–H and O–H groups in total. The molecule has 0 bridgehead atoms. The van der Waals surface area contributed by atoms with Crippen molar-refractivity contribution >= 4 is 7.82 Å². The zero-order chi connectivity index (χ0) is 5.21. The Balaban J connectivity index is 0. The maximum atomic E-state index is 9.49. The van der Waals surface area contributed by atoms with Crippen LogP contribution in [0.25, 0.3) is 0 Å². The van der Waals surface area contributed by atoms with Crippen molar-refractivity contribution in [2.45, 2.75) is 0 Å². The van der Waals surface area contributed by atoms with Crippen LogP contribution in [-0.2, 0) is 48.8 Å². The second kappa shape index (κ2) is 4.37. The molecule has 0 aliphatic rings. The Labute approximate surface area is 66.3 Å². The summed E-state index contributed by atoms with van der Waals surface area (Å²) in [6.07, 6.45) is 0. The van der Waals surface area contributed by atoms with Gasteiger partial charge < -0.3 is 0 Å². The third-order valence-corrected chi connectivity index (χ3v) is 2.11. The van der Waals surface area contributed by atoms with E-state index in [-0.39, 0.29) is 16.5 Å². The fraction of sp³-hybridized carbons (Fsp3) is 0. The van der Waals surface area contributed by atoms with Gasteiger partial charge in [-0.1, -0.05) is 0 Å². The Bertz CT molecular complexity index is 75.8. The van der Waals surface area contributed by atoms with Crippen molar-refractivity contribution in [3.63, 3.8) is 0 Å². The Kier molecular flexibility index (Phi) is 7.06. The van der Waals surface area contributed by atoms with E-state index < -0.39 is 7.82 Å². The van der Waals surface area contributed by atoms with Gasteiger partial charge in [-0.05, 0) is 0 Å². The van der Waals surface area contributed by atoms with E-state index in [2.05, 4.69) is 2.60 Å². The zero-order valence-corrected chi connectivity index (χ0v) is 7.31. The van der Waals surface area contributed by atoms with Crippen LogP contribution in [0.5, 0.6) is 0 Å². The molecular weight excluding hydrogens is 245 g/mol. The molecule has 0 radical (unpaired) electrons. The van der Waals surface area contributed by atoms with E-state index in [0.29, 0.717) is 25.2 Å². The summed E-state index contributed by atoms with van der Waals surface area (Å²) in [6, 6.07) is 0. The summed E-state index contributed by atoms with van der Waals surface area (Å²) in [7, 11) is -4.11. The average molecular weight is 247 g/mol. The van der Waals surface area contributed by atoms with Crippen molar-refractivity contribution in [2.24, 2.45) is 0 Å². The molecular formula is H2NiO4PZr. The molecule has 0 aromatic rings. The first-order valence-corrected chi connectivity index (χ1v) is 3.50. The first kappa shape index (κ1) is 11.3. The Hall–Kier alpha value is 1.49. The van der Waals surface area contributed by atoms with Crippen LogP contribution in [0, 0.1) is 0 Å². The van der Waals surface area contributed by atoms with E-state index >= 15 is 0 Å². The van der Waals surface area contributed by atoms with Gasteiger partial charge in [0.15, 0.2) is 0 Å². The van der Waals surface area contributed by atoms with Gasteiger partial charge in [0, 0.05) is 16.5 Å². The summed E-state index contributed by atoms with van der Waals surface area (Å²) in [5, 5.41) is 0. The maximum Gasteiger partial charge on any atom is 0 e. The van der Waals surface area contributed by atoms with Crippen molar-refractivity contribution in [3.8, 4) is 0 Å². The van der Waals surface area contributed by atoms with E-state index in [1.807, 2.05) is 0 Å². The molecule has 45 valence electrons. The molecule has 0 aliphatic carbocycles. The molecule has 0 rings (SSSR count). The molecule has 0 saturated carbocycles. The van der Waals surface area contributed by atoms with Gasteiger partial charge in [0.25, 0.3) is 0 Å². The smallest absolute Gasteiger partial charge is 0 e. The second-order valence-electron chi connectivity index (χ2n) is 0.582. The third-order valence-electron chi connectivity index (χ3n) is 0.119. The summed E-state index contributed by atoms with van der Waals surface area (Å²) < 4.78 is 13.2. The van der Waals surface area contributed by atoms with Crippen LogP contribution >= 0.6 is 7.82 Å². The van der Waals surface area contributed by atoms with Crippen LogP contribution in [-0.4, -0.2) is 9.79 Å². The first-order valence-electron chi connectivity index (χ1n) is 0.969. The molecule has 0 atom stereocenters. The monoisotopic (exact) mass is 245 g/mol. The van der Waals surface area contributed by atoms with Crippen molar-refractivity contribution < 1.29 is 58.6 Å². The van der Waals surface area contributed by atoms with Crippen LogP contribution in [0.2, 0.25) is 0 Å². The predicted molar refractivity (Wildman–Crippen MR) is 13.1 cm³/mol. The molecule has 0 amide bonds. The average Bonchev–Trinajstić information content (AvgIpc) is 1.35. The van der Waals surface area contributed by atoms with Crippen LogP contribution in [0.4, 0.5) is 0 Å². The molecule has 0 heterocycles. The fourth-order valence-electron chi connectivity index (χ4n) is 0. The van der Waals surface area contributed by atoms with Crippen molar-refractivity contribution in [1.29, 1.82) is 0 Å². The standard InChI is InChI=1S/Ni.H3O4P.Zr/c;1-5(2,3)4;/h;(H3,1,2,3,4);/q;;+1/p-1. The van der Waals surface area contributed by atoms with Crippen molar-refractivity contribution in [1.82, 2.24) is 0 Å². The van der Waals surface area contributed by atoms with E-state index in [0.717, 1.165) is 0 Å². The van der Waals surface area contributed by atoms with Crippen molar-refractivity contribution in [3.05, 3.63) is 0 Å². The Morgan fingerprint density at radius 1 is 1.57 bits per heavy atom. The minimum atomic E-state index is -4.11. The SMILES string of the molecule is O=P(O)(O)[O][Zr].[Ni]. The molecule has 0 saturated heterocycles. The zero-order valence-electron chi connectivity index (χ0n) is 2.97. The van der Waals surface area contributed by atoms with Crippen LogP contribution in [0.1, 0.15) is 0 Å². The molecule has 0 aromatic carbocycles. The normalized spacial score (nSPS) is 9.86. The quantitative estimate of drug-likeness (QED) is 0.486. The summed E-state index contributed by atoms with van der Waals surface area (Å²) in [5.74, 6) is 0. The third kappa shape index (κ3) is 11.2. The largest absolute Gasteiger partial charge is 0 e. The first-order chi connectivity index (χ1) is 2.56. The Morgan fingerprint density at radius 2 is 1.71 bits per heavy atom. The molecule has 4 nitrogen and oxygen atoms in total. The van der Waals surface area contributed by atoms with Gasteiger partial charge in [-0.2, -0.15) is 0 Å².